The molecule has 0 radical (unpaired) electrons. The van der Waals surface area contributed by atoms with Crippen LogP contribution in [0, 0.1) is 0 Å². The number of guanidine groups is 1. The number of ether oxygens (including phenoxy) is 2. The van der Waals surface area contributed by atoms with Gasteiger partial charge in [0.2, 0.25) is 0 Å². The van der Waals surface area contributed by atoms with Crippen molar-refractivity contribution >= 4 is 5.96 Å². The minimum atomic E-state index is -0.0918. The van der Waals surface area contributed by atoms with Gasteiger partial charge < -0.3 is 20.1 Å². The van der Waals surface area contributed by atoms with Gasteiger partial charge in [0.15, 0.2) is 5.96 Å². The van der Waals surface area contributed by atoms with Crippen LogP contribution in [0.1, 0.15) is 38.7 Å². The molecule has 1 aromatic rings. The summed E-state index contributed by atoms with van der Waals surface area (Å²) in [7, 11) is 1.69. The van der Waals surface area contributed by atoms with Gasteiger partial charge in [0.1, 0.15) is 5.75 Å². The predicted octanol–water partition coefficient (Wildman–Crippen LogP) is 2.75. The Bertz CT molecular complexity index is 508. The molecule has 134 valence electrons. The van der Waals surface area contributed by atoms with Crippen molar-refractivity contribution in [2.75, 3.05) is 33.4 Å². The zero-order valence-electron chi connectivity index (χ0n) is 15.2. The average Bonchev–Trinajstić information content (AvgIpc) is 3.04. The number of nitrogens with zero attached hydrogens (tertiary/aromatic N) is 1. The van der Waals surface area contributed by atoms with Gasteiger partial charge in [-0.05, 0) is 57.2 Å². The van der Waals surface area contributed by atoms with Crippen LogP contribution in [0.4, 0.5) is 0 Å². The van der Waals surface area contributed by atoms with Crippen LogP contribution < -0.4 is 15.4 Å². The fourth-order valence-corrected chi connectivity index (χ4v) is 2.84. The van der Waals surface area contributed by atoms with E-state index < -0.39 is 0 Å². The van der Waals surface area contributed by atoms with Crippen molar-refractivity contribution in [2.45, 2.75) is 45.1 Å². The van der Waals surface area contributed by atoms with Crippen molar-refractivity contribution < 1.29 is 9.47 Å². The molecule has 24 heavy (non-hydrogen) atoms. The van der Waals surface area contributed by atoms with Crippen LogP contribution in [0.25, 0.3) is 0 Å². The van der Waals surface area contributed by atoms with Crippen molar-refractivity contribution in [1.29, 1.82) is 0 Å². The fraction of sp³-hybridized carbons (Fsp3) is 0.632. The van der Waals surface area contributed by atoms with Gasteiger partial charge in [0, 0.05) is 19.7 Å². The Balaban J connectivity index is 1.74. The van der Waals surface area contributed by atoms with E-state index in [0.29, 0.717) is 6.54 Å². The van der Waals surface area contributed by atoms with E-state index in [1.807, 2.05) is 12.1 Å². The van der Waals surface area contributed by atoms with Crippen LogP contribution in [0.3, 0.4) is 0 Å². The van der Waals surface area contributed by atoms with Crippen LogP contribution in [0.2, 0.25) is 0 Å². The minimum Gasteiger partial charge on any atom is -0.497 e. The third-order valence-corrected chi connectivity index (χ3v) is 4.31. The van der Waals surface area contributed by atoms with Crippen LogP contribution >= 0.6 is 0 Å². The summed E-state index contributed by atoms with van der Waals surface area (Å²) in [6.07, 6.45) is 4.33. The molecule has 1 aromatic carbocycles. The summed E-state index contributed by atoms with van der Waals surface area (Å²) >= 11 is 0. The van der Waals surface area contributed by atoms with E-state index in [1.165, 1.54) is 5.56 Å². The lowest BCUT2D eigenvalue weighted by Gasteiger charge is -2.21. The summed E-state index contributed by atoms with van der Waals surface area (Å²) < 4.78 is 11.0. The molecule has 0 amide bonds. The maximum Gasteiger partial charge on any atom is 0.191 e. The molecule has 0 aliphatic carbocycles. The number of hydrogen-bond donors (Lipinski definition) is 2. The summed E-state index contributed by atoms with van der Waals surface area (Å²) in [5.74, 6) is 1.78. The first kappa shape index (κ1) is 18.6. The summed E-state index contributed by atoms with van der Waals surface area (Å²) in [5, 5.41) is 6.72. The zero-order chi connectivity index (χ0) is 17.3. The van der Waals surface area contributed by atoms with Crippen molar-refractivity contribution in [3.63, 3.8) is 0 Å². The minimum absolute atomic E-state index is 0.0918. The second-order valence-electron chi connectivity index (χ2n) is 6.48. The van der Waals surface area contributed by atoms with Crippen molar-refractivity contribution in [3.05, 3.63) is 29.8 Å². The Hall–Kier alpha value is -1.75. The number of nitrogens with one attached hydrogen (secondary N) is 2. The molecule has 0 spiro atoms. The molecule has 1 atom stereocenters. The number of rotatable bonds is 8. The molecule has 1 heterocycles. The quantitative estimate of drug-likeness (QED) is 0.436. The summed E-state index contributed by atoms with van der Waals surface area (Å²) in [5.41, 5.74) is 1.23. The van der Waals surface area contributed by atoms with Gasteiger partial charge in [-0.2, -0.15) is 0 Å². The number of aryl methyl sites for hydroxylation is 1. The Labute approximate surface area is 145 Å². The molecule has 1 aliphatic heterocycles. The van der Waals surface area contributed by atoms with Gasteiger partial charge in [-0.15, -0.1) is 0 Å². The monoisotopic (exact) mass is 333 g/mol. The Kier molecular flexibility index (Phi) is 7.37. The van der Waals surface area contributed by atoms with E-state index in [4.69, 9.17) is 9.47 Å². The van der Waals surface area contributed by atoms with Crippen molar-refractivity contribution in [3.8, 4) is 5.75 Å². The maximum absolute atomic E-state index is 5.80. The van der Waals surface area contributed by atoms with E-state index in [0.717, 1.165) is 57.1 Å². The topological polar surface area (TPSA) is 54.9 Å². The molecule has 1 aliphatic rings. The first-order valence-electron chi connectivity index (χ1n) is 8.94. The van der Waals surface area contributed by atoms with Crippen molar-refractivity contribution in [1.82, 2.24) is 10.6 Å². The second-order valence-corrected chi connectivity index (χ2v) is 6.48. The van der Waals surface area contributed by atoms with E-state index >= 15 is 0 Å². The number of methoxy groups -OCH3 is 1. The number of benzene rings is 1. The summed E-state index contributed by atoms with van der Waals surface area (Å²) in [4.78, 5) is 4.69. The van der Waals surface area contributed by atoms with E-state index in [1.54, 1.807) is 7.11 Å². The average molecular weight is 333 g/mol. The molecule has 1 unspecified atom stereocenters. The fourth-order valence-electron chi connectivity index (χ4n) is 2.84. The molecular weight excluding hydrogens is 302 g/mol. The highest BCUT2D eigenvalue weighted by Crippen LogP contribution is 2.24. The van der Waals surface area contributed by atoms with Gasteiger partial charge in [-0.1, -0.05) is 12.1 Å². The van der Waals surface area contributed by atoms with Gasteiger partial charge in [-0.3, -0.25) is 4.99 Å². The smallest absolute Gasteiger partial charge is 0.191 e. The third-order valence-electron chi connectivity index (χ3n) is 4.31. The van der Waals surface area contributed by atoms with Gasteiger partial charge >= 0.3 is 0 Å². The SMILES string of the molecule is CCNC(=NCC1(C)CCCO1)NCCCc1ccc(OC)cc1. The predicted molar refractivity (Wildman–Crippen MR) is 98.9 cm³/mol. The zero-order valence-corrected chi connectivity index (χ0v) is 15.2. The molecule has 0 saturated carbocycles. The number of hydrogen-bond acceptors (Lipinski definition) is 3. The molecular formula is C19H31N3O2. The third kappa shape index (κ3) is 6.04. The Morgan fingerprint density at radius 1 is 1.29 bits per heavy atom. The second kappa shape index (κ2) is 9.52. The molecule has 5 heteroatoms. The van der Waals surface area contributed by atoms with Crippen LogP contribution in [-0.4, -0.2) is 44.9 Å². The first-order chi connectivity index (χ1) is 11.6. The van der Waals surface area contributed by atoms with Gasteiger partial charge in [-0.25, -0.2) is 0 Å². The van der Waals surface area contributed by atoms with E-state index in [-0.39, 0.29) is 5.60 Å². The Morgan fingerprint density at radius 3 is 2.71 bits per heavy atom. The van der Waals surface area contributed by atoms with Crippen LogP contribution in [0.5, 0.6) is 5.75 Å². The lowest BCUT2D eigenvalue weighted by molar-refractivity contribution is 0.0283. The Morgan fingerprint density at radius 2 is 2.08 bits per heavy atom. The standard InChI is InChI=1S/C19H31N3O2/c1-4-20-18(22-15-19(2)12-6-14-24-19)21-13-5-7-16-8-10-17(23-3)11-9-16/h8-11H,4-7,12-15H2,1-3H3,(H2,20,21,22). The van der Waals surface area contributed by atoms with Crippen LogP contribution in [-0.2, 0) is 11.2 Å². The molecule has 2 N–H and O–H groups in total. The van der Waals surface area contributed by atoms with E-state index in [2.05, 4.69) is 41.6 Å². The molecule has 0 bridgehead atoms. The highest BCUT2D eigenvalue weighted by molar-refractivity contribution is 5.79. The highest BCUT2D eigenvalue weighted by atomic mass is 16.5. The molecule has 2 rings (SSSR count). The maximum atomic E-state index is 5.80. The highest BCUT2D eigenvalue weighted by Gasteiger charge is 2.29. The van der Waals surface area contributed by atoms with Gasteiger partial charge in [0.25, 0.3) is 0 Å². The van der Waals surface area contributed by atoms with Gasteiger partial charge in [0.05, 0.1) is 19.3 Å². The first-order valence-corrected chi connectivity index (χ1v) is 8.94. The number of aliphatic imine (C=N–C) groups is 1. The lowest BCUT2D eigenvalue weighted by atomic mass is 10.0. The summed E-state index contributed by atoms with van der Waals surface area (Å²) in [6, 6.07) is 8.26. The van der Waals surface area contributed by atoms with E-state index in [9.17, 15) is 0 Å². The molecule has 1 saturated heterocycles. The van der Waals surface area contributed by atoms with Crippen molar-refractivity contribution in [2.24, 2.45) is 4.99 Å². The molecule has 1 fully saturated rings. The largest absolute Gasteiger partial charge is 0.497 e. The normalized spacial score (nSPS) is 20.9. The summed E-state index contributed by atoms with van der Waals surface area (Å²) in [6.45, 7) is 7.56. The molecule has 0 aromatic heterocycles. The molecule has 5 nitrogen and oxygen atoms in total. The van der Waals surface area contributed by atoms with Crippen LogP contribution in [0.15, 0.2) is 29.3 Å². The lowest BCUT2D eigenvalue weighted by Crippen LogP contribution is -2.39.